The van der Waals surface area contributed by atoms with Gasteiger partial charge in [0.15, 0.2) is 0 Å². The number of furan rings is 1. The summed E-state index contributed by atoms with van der Waals surface area (Å²) in [5.41, 5.74) is 1.55. The molecule has 1 amide bonds. The minimum atomic E-state index is -0.194. The van der Waals surface area contributed by atoms with Gasteiger partial charge in [-0.2, -0.15) is 0 Å². The highest BCUT2D eigenvalue weighted by Crippen LogP contribution is 2.42. The fourth-order valence-electron chi connectivity index (χ4n) is 4.20. The van der Waals surface area contributed by atoms with Gasteiger partial charge in [0, 0.05) is 25.6 Å². The molecule has 2 aliphatic heterocycles. The van der Waals surface area contributed by atoms with Gasteiger partial charge in [-0.1, -0.05) is 6.07 Å². The molecule has 2 saturated heterocycles. The van der Waals surface area contributed by atoms with Crippen LogP contribution in [0.3, 0.4) is 0 Å². The summed E-state index contributed by atoms with van der Waals surface area (Å²) in [5, 5.41) is 0. The molecule has 1 spiro atoms. The maximum absolute atomic E-state index is 12.7. The molecule has 0 N–H and O–H groups in total. The number of ether oxygens (including phenoxy) is 2. The van der Waals surface area contributed by atoms with Gasteiger partial charge in [-0.15, -0.1) is 0 Å². The first-order chi connectivity index (χ1) is 13.1. The molecule has 27 heavy (non-hydrogen) atoms. The van der Waals surface area contributed by atoms with Crippen LogP contribution < -0.4 is 0 Å². The third kappa shape index (κ3) is 3.64. The van der Waals surface area contributed by atoms with E-state index in [2.05, 4.69) is 4.98 Å². The molecule has 0 bridgehead atoms. The van der Waals surface area contributed by atoms with Crippen molar-refractivity contribution >= 4 is 5.91 Å². The number of aromatic nitrogens is 1. The van der Waals surface area contributed by atoms with Crippen molar-refractivity contribution in [1.29, 1.82) is 0 Å². The highest BCUT2D eigenvalue weighted by atomic mass is 16.5. The van der Waals surface area contributed by atoms with Crippen LogP contribution in [0.25, 0.3) is 0 Å². The van der Waals surface area contributed by atoms with Crippen molar-refractivity contribution in [3.8, 4) is 0 Å². The number of pyridine rings is 1. The number of aryl methyl sites for hydroxylation is 2. The second-order valence-corrected chi connectivity index (χ2v) is 7.59. The number of rotatable bonds is 6. The Hall–Kier alpha value is -2.18. The predicted molar refractivity (Wildman–Crippen MR) is 99.4 cm³/mol. The van der Waals surface area contributed by atoms with Crippen molar-refractivity contribution in [2.45, 2.75) is 38.9 Å². The van der Waals surface area contributed by atoms with Gasteiger partial charge in [0.05, 0.1) is 25.3 Å². The lowest BCUT2D eigenvalue weighted by Gasteiger charge is -2.50. The summed E-state index contributed by atoms with van der Waals surface area (Å²) in [5.74, 6) is 1.93. The Bertz CT molecular complexity index is 796. The van der Waals surface area contributed by atoms with Crippen molar-refractivity contribution in [1.82, 2.24) is 9.88 Å². The number of hydrogen-bond acceptors (Lipinski definition) is 5. The molecular weight excluding hydrogens is 344 g/mol. The number of hydrogen-bond donors (Lipinski definition) is 0. The van der Waals surface area contributed by atoms with Gasteiger partial charge in [0.25, 0.3) is 5.91 Å². The van der Waals surface area contributed by atoms with Crippen LogP contribution in [0.1, 0.15) is 40.3 Å². The highest BCUT2D eigenvalue weighted by Gasteiger charge is 2.54. The zero-order valence-electron chi connectivity index (χ0n) is 15.9. The van der Waals surface area contributed by atoms with Gasteiger partial charge in [0.2, 0.25) is 0 Å². The highest BCUT2D eigenvalue weighted by molar-refractivity contribution is 5.96. The van der Waals surface area contributed by atoms with E-state index in [1.807, 2.05) is 43.1 Å². The predicted octanol–water partition coefficient (Wildman–Crippen LogP) is 3.13. The first-order valence-electron chi connectivity index (χ1n) is 9.54. The minimum absolute atomic E-state index is 0.0389. The number of carbonyl (C=O) groups is 1. The lowest BCUT2D eigenvalue weighted by Crippen LogP contribution is -2.66. The molecule has 0 saturated carbocycles. The molecule has 144 valence electrons. The summed E-state index contributed by atoms with van der Waals surface area (Å²) in [6.07, 6.45) is 5.57. The molecule has 2 fully saturated rings. The lowest BCUT2D eigenvalue weighted by molar-refractivity contribution is -0.120. The van der Waals surface area contributed by atoms with Crippen molar-refractivity contribution < 1.29 is 18.7 Å². The summed E-state index contributed by atoms with van der Waals surface area (Å²) >= 11 is 0. The first kappa shape index (κ1) is 18.2. The average molecular weight is 370 g/mol. The van der Waals surface area contributed by atoms with E-state index in [-0.39, 0.29) is 11.5 Å². The van der Waals surface area contributed by atoms with Gasteiger partial charge < -0.3 is 18.8 Å². The van der Waals surface area contributed by atoms with Crippen LogP contribution in [0.4, 0.5) is 0 Å². The van der Waals surface area contributed by atoms with Crippen molar-refractivity contribution in [3.05, 3.63) is 53.2 Å². The molecule has 0 unspecified atom stereocenters. The normalized spacial score (nSPS) is 20.8. The molecule has 4 rings (SSSR count). The van der Waals surface area contributed by atoms with E-state index in [1.54, 1.807) is 6.20 Å². The SMILES string of the molecule is Cc1cc(C(=O)N2CC3(C2)OCC[C@H]3CCOCc2cccnc2)c(C)o1. The van der Waals surface area contributed by atoms with Crippen molar-refractivity contribution in [2.75, 3.05) is 26.3 Å². The Morgan fingerprint density at radius 1 is 1.41 bits per heavy atom. The maximum Gasteiger partial charge on any atom is 0.257 e. The van der Waals surface area contributed by atoms with Crippen LogP contribution in [0, 0.1) is 19.8 Å². The Labute approximate surface area is 159 Å². The van der Waals surface area contributed by atoms with Gasteiger partial charge in [0.1, 0.15) is 17.1 Å². The molecule has 2 aromatic heterocycles. The van der Waals surface area contributed by atoms with E-state index < -0.39 is 0 Å². The molecule has 0 aliphatic carbocycles. The summed E-state index contributed by atoms with van der Waals surface area (Å²) in [7, 11) is 0. The van der Waals surface area contributed by atoms with Crippen LogP contribution in [0.2, 0.25) is 0 Å². The summed E-state index contributed by atoms with van der Waals surface area (Å²) in [4.78, 5) is 18.7. The van der Waals surface area contributed by atoms with Crippen molar-refractivity contribution in [3.63, 3.8) is 0 Å². The monoisotopic (exact) mass is 370 g/mol. The number of likely N-dealkylation sites (tertiary alicyclic amines) is 1. The van der Waals surface area contributed by atoms with E-state index in [0.29, 0.717) is 43.5 Å². The van der Waals surface area contributed by atoms with Gasteiger partial charge in [-0.3, -0.25) is 9.78 Å². The third-order valence-corrected chi connectivity index (χ3v) is 5.68. The Morgan fingerprint density at radius 3 is 2.96 bits per heavy atom. The van der Waals surface area contributed by atoms with E-state index in [4.69, 9.17) is 13.9 Å². The van der Waals surface area contributed by atoms with Crippen LogP contribution in [0.15, 0.2) is 35.0 Å². The van der Waals surface area contributed by atoms with Crippen LogP contribution >= 0.6 is 0 Å². The summed E-state index contributed by atoms with van der Waals surface area (Å²) < 4.78 is 17.4. The lowest BCUT2D eigenvalue weighted by atomic mass is 9.79. The molecule has 0 aromatic carbocycles. The number of carbonyl (C=O) groups excluding carboxylic acids is 1. The van der Waals surface area contributed by atoms with Crippen molar-refractivity contribution in [2.24, 2.45) is 5.92 Å². The second-order valence-electron chi connectivity index (χ2n) is 7.59. The molecule has 1 atom stereocenters. The molecule has 4 heterocycles. The Kier molecular flexibility index (Phi) is 5.02. The Balaban J connectivity index is 1.28. The third-order valence-electron chi connectivity index (χ3n) is 5.68. The fraction of sp³-hybridized carbons (Fsp3) is 0.524. The van der Waals surface area contributed by atoms with Crippen LogP contribution in [-0.4, -0.2) is 47.7 Å². The summed E-state index contributed by atoms with van der Waals surface area (Å²) in [6.45, 7) is 7.05. The number of nitrogens with zero attached hydrogens (tertiary/aromatic N) is 2. The smallest absolute Gasteiger partial charge is 0.257 e. The average Bonchev–Trinajstić information content (AvgIpc) is 3.20. The topological polar surface area (TPSA) is 64.8 Å². The van der Waals surface area contributed by atoms with Gasteiger partial charge >= 0.3 is 0 Å². The zero-order chi connectivity index (χ0) is 18.9. The standard InChI is InChI=1S/C21H26N2O4/c1-15-10-19(16(2)27-15)20(24)23-13-21(14-23)18(6-9-26-21)5-8-25-12-17-4-3-7-22-11-17/h3-4,7,10-11,18H,5-6,8-9,12-14H2,1-2H3/t18-/m1/s1. The van der Waals surface area contributed by atoms with E-state index in [0.717, 1.165) is 30.8 Å². The zero-order valence-corrected chi connectivity index (χ0v) is 15.9. The Morgan fingerprint density at radius 2 is 2.26 bits per heavy atom. The largest absolute Gasteiger partial charge is 0.466 e. The van der Waals surface area contributed by atoms with E-state index in [1.165, 1.54) is 0 Å². The van der Waals surface area contributed by atoms with Crippen LogP contribution in [0.5, 0.6) is 0 Å². The molecule has 6 nitrogen and oxygen atoms in total. The quantitative estimate of drug-likeness (QED) is 0.731. The minimum Gasteiger partial charge on any atom is -0.466 e. The van der Waals surface area contributed by atoms with E-state index >= 15 is 0 Å². The van der Waals surface area contributed by atoms with Crippen LogP contribution in [-0.2, 0) is 16.1 Å². The second kappa shape index (κ2) is 7.44. The molecule has 2 aromatic rings. The molecule has 6 heteroatoms. The van der Waals surface area contributed by atoms with E-state index in [9.17, 15) is 4.79 Å². The summed E-state index contributed by atoms with van der Waals surface area (Å²) in [6, 6.07) is 5.76. The van der Waals surface area contributed by atoms with Gasteiger partial charge in [-0.25, -0.2) is 0 Å². The maximum atomic E-state index is 12.7. The fourth-order valence-corrected chi connectivity index (χ4v) is 4.20. The molecule has 2 aliphatic rings. The van der Waals surface area contributed by atoms with Gasteiger partial charge in [-0.05, 0) is 50.3 Å². The molecular formula is C21H26N2O4. The number of amides is 1. The first-order valence-corrected chi connectivity index (χ1v) is 9.54. The molecule has 0 radical (unpaired) electrons.